The van der Waals surface area contributed by atoms with E-state index in [2.05, 4.69) is 19.2 Å². The molecule has 2 aliphatic rings. The third-order valence-electron chi connectivity index (χ3n) is 4.75. The van der Waals surface area contributed by atoms with Gasteiger partial charge in [0.05, 0.1) is 0 Å². The number of amides is 2. The highest BCUT2D eigenvalue weighted by Crippen LogP contribution is 2.31. The average molecular weight is 266 g/mol. The number of rotatable bonds is 4. The van der Waals surface area contributed by atoms with Crippen molar-refractivity contribution in [1.82, 2.24) is 10.2 Å². The molecular weight excluding hydrogens is 240 g/mol. The van der Waals surface area contributed by atoms with E-state index < -0.39 is 0 Å². The van der Waals surface area contributed by atoms with Crippen LogP contribution in [-0.4, -0.2) is 34.8 Å². The summed E-state index contributed by atoms with van der Waals surface area (Å²) in [6.45, 7) is 6.12. The highest BCUT2D eigenvalue weighted by atomic mass is 16.2. The van der Waals surface area contributed by atoms with Gasteiger partial charge in [0.1, 0.15) is 12.1 Å². The Kier molecular flexibility index (Phi) is 4.48. The van der Waals surface area contributed by atoms with E-state index in [4.69, 9.17) is 0 Å². The zero-order valence-corrected chi connectivity index (χ0v) is 12.3. The number of nitrogens with zero attached hydrogens (tertiary/aromatic N) is 1. The predicted octanol–water partition coefficient (Wildman–Crippen LogP) is 2.08. The average Bonchev–Trinajstić information content (AvgIpc) is 2.93. The maximum absolute atomic E-state index is 12.6. The predicted molar refractivity (Wildman–Crippen MR) is 74.6 cm³/mol. The molecule has 4 heteroatoms. The Balaban J connectivity index is 2.27. The standard InChI is InChI=1S/C15H26N2O2/c1-4-10(3)13-14(18)16-12(5-2)15(19)17(13)11-8-6-7-9-11/h10-13H,4-9H2,1-3H3,(H,16,18). The second-order valence-electron chi connectivity index (χ2n) is 5.98. The van der Waals surface area contributed by atoms with Gasteiger partial charge >= 0.3 is 0 Å². The van der Waals surface area contributed by atoms with Crippen molar-refractivity contribution in [1.29, 1.82) is 0 Å². The number of hydrogen-bond acceptors (Lipinski definition) is 2. The molecule has 1 aliphatic carbocycles. The van der Waals surface area contributed by atoms with Gasteiger partial charge in [-0.05, 0) is 25.2 Å². The maximum atomic E-state index is 12.6. The monoisotopic (exact) mass is 266 g/mol. The summed E-state index contributed by atoms with van der Waals surface area (Å²) < 4.78 is 0. The summed E-state index contributed by atoms with van der Waals surface area (Å²) in [5.74, 6) is 0.411. The van der Waals surface area contributed by atoms with Gasteiger partial charge < -0.3 is 10.2 Å². The molecule has 0 aromatic rings. The van der Waals surface area contributed by atoms with Gasteiger partial charge in [-0.3, -0.25) is 9.59 Å². The Morgan fingerprint density at radius 3 is 2.42 bits per heavy atom. The lowest BCUT2D eigenvalue weighted by Crippen LogP contribution is -2.66. The first-order chi connectivity index (χ1) is 9.10. The van der Waals surface area contributed by atoms with E-state index in [1.54, 1.807) is 0 Å². The van der Waals surface area contributed by atoms with E-state index in [1.165, 1.54) is 12.8 Å². The Hall–Kier alpha value is -1.06. The lowest BCUT2D eigenvalue weighted by molar-refractivity contribution is -0.154. The third kappa shape index (κ3) is 2.63. The minimum Gasteiger partial charge on any atom is -0.343 e. The molecule has 3 unspecified atom stereocenters. The van der Waals surface area contributed by atoms with Crippen LogP contribution in [0.25, 0.3) is 0 Å². The topological polar surface area (TPSA) is 49.4 Å². The first kappa shape index (κ1) is 14.4. The molecule has 2 amide bonds. The Morgan fingerprint density at radius 1 is 1.26 bits per heavy atom. The zero-order valence-electron chi connectivity index (χ0n) is 12.3. The van der Waals surface area contributed by atoms with E-state index in [9.17, 15) is 9.59 Å². The van der Waals surface area contributed by atoms with E-state index in [0.29, 0.717) is 6.42 Å². The van der Waals surface area contributed by atoms with Crippen molar-refractivity contribution >= 4 is 11.8 Å². The summed E-state index contributed by atoms with van der Waals surface area (Å²) >= 11 is 0. The minimum absolute atomic E-state index is 0.0488. The van der Waals surface area contributed by atoms with Crippen molar-refractivity contribution < 1.29 is 9.59 Å². The van der Waals surface area contributed by atoms with Crippen LogP contribution < -0.4 is 5.32 Å². The molecule has 1 N–H and O–H groups in total. The van der Waals surface area contributed by atoms with Gasteiger partial charge in [0.15, 0.2) is 0 Å². The van der Waals surface area contributed by atoms with Crippen LogP contribution in [0.5, 0.6) is 0 Å². The van der Waals surface area contributed by atoms with E-state index in [0.717, 1.165) is 19.3 Å². The lowest BCUT2D eigenvalue weighted by Gasteiger charge is -2.44. The van der Waals surface area contributed by atoms with E-state index in [-0.39, 0.29) is 35.9 Å². The normalized spacial score (nSPS) is 30.6. The summed E-state index contributed by atoms with van der Waals surface area (Å²) in [6.07, 6.45) is 6.08. The van der Waals surface area contributed by atoms with Crippen LogP contribution in [-0.2, 0) is 9.59 Å². The molecule has 0 spiro atoms. The molecule has 2 rings (SSSR count). The fourth-order valence-electron chi connectivity index (χ4n) is 3.38. The van der Waals surface area contributed by atoms with Gasteiger partial charge in [-0.25, -0.2) is 0 Å². The fourth-order valence-corrected chi connectivity index (χ4v) is 3.38. The molecule has 3 atom stereocenters. The summed E-state index contributed by atoms with van der Waals surface area (Å²) in [4.78, 5) is 26.9. The molecule has 0 aromatic heterocycles. The van der Waals surface area contributed by atoms with Gasteiger partial charge in [-0.15, -0.1) is 0 Å². The van der Waals surface area contributed by atoms with Crippen LogP contribution in [0, 0.1) is 5.92 Å². The SMILES string of the molecule is CCC1NC(=O)C(C(C)CC)N(C2CCCC2)C1=O. The van der Waals surface area contributed by atoms with Crippen LogP contribution in [0.3, 0.4) is 0 Å². The Bertz CT molecular complexity index is 350. The van der Waals surface area contributed by atoms with Gasteiger partial charge in [-0.1, -0.05) is 40.0 Å². The van der Waals surface area contributed by atoms with Crippen molar-refractivity contribution in [3.05, 3.63) is 0 Å². The molecular formula is C15H26N2O2. The largest absolute Gasteiger partial charge is 0.343 e. The van der Waals surface area contributed by atoms with Crippen molar-refractivity contribution in [2.45, 2.75) is 77.4 Å². The molecule has 0 radical (unpaired) electrons. The Morgan fingerprint density at radius 2 is 1.89 bits per heavy atom. The zero-order chi connectivity index (χ0) is 14.0. The minimum atomic E-state index is -0.312. The third-order valence-corrected chi connectivity index (χ3v) is 4.75. The summed E-state index contributed by atoms with van der Waals surface area (Å²) in [5.41, 5.74) is 0. The number of carbonyl (C=O) groups is 2. The molecule has 0 aromatic carbocycles. The van der Waals surface area contributed by atoms with E-state index in [1.807, 2.05) is 11.8 Å². The van der Waals surface area contributed by atoms with E-state index >= 15 is 0 Å². The highest BCUT2D eigenvalue weighted by molar-refractivity contribution is 5.97. The summed E-state index contributed by atoms with van der Waals surface area (Å²) in [7, 11) is 0. The van der Waals surface area contributed by atoms with Gasteiger partial charge in [0.2, 0.25) is 11.8 Å². The Labute approximate surface area is 115 Å². The van der Waals surface area contributed by atoms with Crippen LogP contribution in [0.1, 0.15) is 59.3 Å². The summed E-state index contributed by atoms with van der Waals surface area (Å²) in [5, 5.41) is 2.90. The van der Waals surface area contributed by atoms with Crippen LogP contribution >= 0.6 is 0 Å². The fraction of sp³-hybridized carbons (Fsp3) is 0.867. The maximum Gasteiger partial charge on any atom is 0.246 e. The molecule has 1 saturated heterocycles. The van der Waals surface area contributed by atoms with Gasteiger partial charge in [-0.2, -0.15) is 0 Å². The van der Waals surface area contributed by atoms with Gasteiger partial charge in [0, 0.05) is 6.04 Å². The second-order valence-corrected chi connectivity index (χ2v) is 5.98. The van der Waals surface area contributed by atoms with Gasteiger partial charge in [0.25, 0.3) is 0 Å². The van der Waals surface area contributed by atoms with Crippen molar-refractivity contribution in [3.8, 4) is 0 Å². The van der Waals surface area contributed by atoms with Crippen LogP contribution in [0.2, 0.25) is 0 Å². The number of piperazine rings is 1. The highest BCUT2D eigenvalue weighted by Gasteiger charge is 2.45. The van der Waals surface area contributed by atoms with Crippen molar-refractivity contribution in [2.24, 2.45) is 5.92 Å². The molecule has 4 nitrogen and oxygen atoms in total. The van der Waals surface area contributed by atoms with Crippen molar-refractivity contribution in [2.75, 3.05) is 0 Å². The molecule has 19 heavy (non-hydrogen) atoms. The summed E-state index contributed by atoms with van der Waals surface area (Å²) in [6, 6.07) is -0.289. The molecule has 1 aliphatic heterocycles. The molecule has 1 saturated carbocycles. The smallest absolute Gasteiger partial charge is 0.246 e. The lowest BCUT2D eigenvalue weighted by atomic mass is 9.91. The second kappa shape index (κ2) is 5.93. The molecule has 0 bridgehead atoms. The number of hydrogen-bond donors (Lipinski definition) is 1. The van der Waals surface area contributed by atoms with Crippen molar-refractivity contribution in [3.63, 3.8) is 0 Å². The molecule has 108 valence electrons. The van der Waals surface area contributed by atoms with Crippen LogP contribution in [0.15, 0.2) is 0 Å². The number of carbonyl (C=O) groups excluding carboxylic acids is 2. The first-order valence-electron chi connectivity index (χ1n) is 7.72. The quantitative estimate of drug-likeness (QED) is 0.847. The molecule has 1 heterocycles. The molecule has 2 fully saturated rings. The number of nitrogens with one attached hydrogen (secondary N) is 1. The van der Waals surface area contributed by atoms with Crippen LogP contribution in [0.4, 0.5) is 0 Å². The first-order valence-corrected chi connectivity index (χ1v) is 7.72.